The summed E-state index contributed by atoms with van der Waals surface area (Å²) >= 11 is 0. The molecule has 0 saturated carbocycles. The first kappa shape index (κ1) is 15.1. The summed E-state index contributed by atoms with van der Waals surface area (Å²) in [5, 5.41) is 9.50. The molecule has 20 heavy (non-hydrogen) atoms. The van der Waals surface area contributed by atoms with Crippen LogP contribution in [-0.4, -0.2) is 62.5 Å². The van der Waals surface area contributed by atoms with Crippen LogP contribution in [0, 0.1) is 0 Å². The molecule has 5 heteroatoms. The van der Waals surface area contributed by atoms with Gasteiger partial charge in [0.05, 0.1) is 13.2 Å². The summed E-state index contributed by atoms with van der Waals surface area (Å²) in [6.45, 7) is 5.33. The van der Waals surface area contributed by atoms with Gasteiger partial charge in [-0.15, -0.1) is 0 Å². The Kier molecular flexibility index (Phi) is 5.64. The summed E-state index contributed by atoms with van der Waals surface area (Å²) in [5.41, 5.74) is 6.64. The second-order valence-electron chi connectivity index (χ2n) is 5.21. The Morgan fingerprint density at radius 2 is 2.05 bits per heavy atom. The minimum Gasteiger partial charge on any atom is -0.497 e. The number of piperazine rings is 1. The smallest absolute Gasteiger partial charge is 0.120 e. The number of hydrogen-bond donors (Lipinski definition) is 2. The van der Waals surface area contributed by atoms with Gasteiger partial charge in [0.2, 0.25) is 0 Å². The van der Waals surface area contributed by atoms with E-state index in [1.54, 1.807) is 7.11 Å². The van der Waals surface area contributed by atoms with Crippen molar-refractivity contribution in [3.8, 4) is 5.75 Å². The number of nitrogens with two attached hydrogens (primary N) is 1. The summed E-state index contributed by atoms with van der Waals surface area (Å²) < 4.78 is 5.27. The van der Waals surface area contributed by atoms with Gasteiger partial charge in [0.25, 0.3) is 0 Å². The fraction of sp³-hybridized carbons (Fsp3) is 0.600. The Hall–Kier alpha value is -1.30. The molecule has 0 aliphatic carbocycles. The molecule has 1 unspecified atom stereocenters. The van der Waals surface area contributed by atoms with Crippen LogP contribution in [0.1, 0.15) is 6.42 Å². The summed E-state index contributed by atoms with van der Waals surface area (Å²) in [5.74, 6) is 0.899. The maximum absolute atomic E-state index is 9.50. The van der Waals surface area contributed by atoms with Crippen molar-refractivity contribution in [2.24, 2.45) is 5.73 Å². The first-order valence-corrected chi connectivity index (χ1v) is 7.22. The van der Waals surface area contributed by atoms with Crippen molar-refractivity contribution in [3.63, 3.8) is 0 Å². The number of hydrogen-bond acceptors (Lipinski definition) is 5. The highest BCUT2D eigenvalue weighted by Gasteiger charge is 2.17. The van der Waals surface area contributed by atoms with Gasteiger partial charge in [-0.05, 0) is 18.6 Å². The summed E-state index contributed by atoms with van der Waals surface area (Å²) in [4.78, 5) is 4.76. The molecule has 2 rings (SSSR count). The van der Waals surface area contributed by atoms with E-state index in [2.05, 4.69) is 21.9 Å². The van der Waals surface area contributed by atoms with E-state index >= 15 is 0 Å². The van der Waals surface area contributed by atoms with E-state index in [0.29, 0.717) is 6.54 Å². The number of nitrogens with zero attached hydrogens (tertiary/aromatic N) is 2. The third kappa shape index (κ3) is 4.10. The Morgan fingerprint density at radius 3 is 2.70 bits per heavy atom. The van der Waals surface area contributed by atoms with E-state index in [-0.39, 0.29) is 6.10 Å². The predicted molar refractivity (Wildman–Crippen MR) is 81.3 cm³/mol. The molecule has 3 N–H and O–H groups in total. The lowest BCUT2D eigenvalue weighted by molar-refractivity contribution is 0.144. The zero-order valence-electron chi connectivity index (χ0n) is 12.2. The van der Waals surface area contributed by atoms with Crippen molar-refractivity contribution in [3.05, 3.63) is 24.3 Å². The third-order valence-electron chi connectivity index (χ3n) is 3.84. The minimum atomic E-state index is -0.369. The van der Waals surface area contributed by atoms with Gasteiger partial charge in [0.15, 0.2) is 0 Å². The first-order chi connectivity index (χ1) is 9.72. The van der Waals surface area contributed by atoms with Crippen molar-refractivity contribution >= 4 is 5.69 Å². The molecule has 1 saturated heterocycles. The predicted octanol–water partition coefficient (Wildman–Crippen LogP) is 0.527. The molecule has 0 radical (unpaired) electrons. The molecule has 0 aromatic heterocycles. The molecule has 0 amide bonds. The highest BCUT2D eigenvalue weighted by molar-refractivity contribution is 5.51. The van der Waals surface area contributed by atoms with E-state index in [9.17, 15) is 5.11 Å². The maximum atomic E-state index is 9.50. The lowest BCUT2D eigenvalue weighted by Crippen LogP contribution is -2.47. The molecule has 1 aliphatic rings. The van der Waals surface area contributed by atoms with Gasteiger partial charge in [-0.1, -0.05) is 6.07 Å². The second-order valence-corrected chi connectivity index (χ2v) is 5.21. The van der Waals surface area contributed by atoms with E-state index in [1.165, 1.54) is 5.69 Å². The van der Waals surface area contributed by atoms with Crippen LogP contribution in [0.3, 0.4) is 0 Å². The van der Waals surface area contributed by atoms with Crippen LogP contribution in [-0.2, 0) is 0 Å². The molecule has 112 valence electrons. The number of aliphatic hydroxyl groups excluding tert-OH is 1. The number of anilines is 1. The van der Waals surface area contributed by atoms with E-state index in [4.69, 9.17) is 10.5 Å². The average molecular weight is 279 g/mol. The minimum absolute atomic E-state index is 0.351. The topological polar surface area (TPSA) is 62.0 Å². The van der Waals surface area contributed by atoms with Crippen LogP contribution in [0.5, 0.6) is 5.75 Å². The molecule has 1 fully saturated rings. The highest BCUT2D eigenvalue weighted by atomic mass is 16.5. The molecule has 5 nitrogen and oxygen atoms in total. The first-order valence-electron chi connectivity index (χ1n) is 7.22. The largest absolute Gasteiger partial charge is 0.497 e. The Labute approximate surface area is 120 Å². The zero-order valence-corrected chi connectivity index (χ0v) is 12.2. The lowest BCUT2D eigenvalue weighted by atomic mass is 10.2. The molecule has 0 spiro atoms. The Morgan fingerprint density at radius 1 is 1.30 bits per heavy atom. The Balaban J connectivity index is 1.81. The quantitative estimate of drug-likeness (QED) is 0.795. The van der Waals surface area contributed by atoms with Crippen LogP contribution in [0.2, 0.25) is 0 Å². The standard InChI is InChI=1S/C15H25N3O2/c1-20-15-4-2-3-13(11-15)18-9-7-17(8-10-18)6-5-14(19)12-16/h2-4,11,14,19H,5-10,12,16H2,1H3. The number of aliphatic hydroxyl groups is 1. The summed E-state index contributed by atoms with van der Waals surface area (Å²) in [7, 11) is 1.69. The molecule has 1 aromatic rings. The van der Waals surface area contributed by atoms with E-state index in [1.807, 2.05) is 12.1 Å². The highest BCUT2D eigenvalue weighted by Crippen LogP contribution is 2.22. The van der Waals surface area contributed by atoms with Crippen LogP contribution in [0.4, 0.5) is 5.69 Å². The number of methoxy groups -OCH3 is 1. The number of rotatable bonds is 6. The van der Waals surface area contributed by atoms with Crippen molar-refractivity contribution < 1.29 is 9.84 Å². The normalized spacial score (nSPS) is 18.1. The average Bonchev–Trinajstić information content (AvgIpc) is 2.53. The van der Waals surface area contributed by atoms with Crippen LogP contribution >= 0.6 is 0 Å². The van der Waals surface area contributed by atoms with Gasteiger partial charge < -0.3 is 20.5 Å². The van der Waals surface area contributed by atoms with Gasteiger partial charge in [-0.3, -0.25) is 4.90 Å². The van der Waals surface area contributed by atoms with Gasteiger partial charge >= 0.3 is 0 Å². The van der Waals surface area contributed by atoms with Gasteiger partial charge in [0.1, 0.15) is 5.75 Å². The lowest BCUT2D eigenvalue weighted by Gasteiger charge is -2.36. The number of benzene rings is 1. The van der Waals surface area contributed by atoms with E-state index < -0.39 is 0 Å². The van der Waals surface area contributed by atoms with Crippen LogP contribution in [0.15, 0.2) is 24.3 Å². The van der Waals surface area contributed by atoms with Gasteiger partial charge in [0, 0.05) is 51.0 Å². The monoisotopic (exact) mass is 279 g/mol. The fourth-order valence-electron chi connectivity index (χ4n) is 2.49. The van der Waals surface area contributed by atoms with Crippen molar-refractivity contribution in [1.29, 1.82) is 0 Å². The molecular weight excluding hydrogens is 254 g/mol. The summed E-state index contributed by atoms with van der Waals surface area (Å²) in [6.07, 6.45) is 0.391. The summed E-state index contributed by atoms with van der Waals surface area (Å²) in [6, 6.07) is 8.19. The zero-order chi connectivity index (χ0) is 14.4. The molecule has 1 aromatic carbocycles. The fourth-order valence-corrected chi connectivity index (χ4v) is 2.49. The number of ether oxygens (including phenoxy) is 1. The third-order valence-corrected chi connectivity index (χ3v) is 3.84. The Bertz CT molecular complexity index is 406. The van der Waals surface area contributed by atoms with Crippen LogP contribution < -0.4 is 15.4 Å². The molecule has 0 bridgehead atoms. The van der Waals surface area contributed by atoms with Crippen LogP contribution in [0.25, 0.3) is 0 Å². The SMILES string of the molecule is COc1cccc(N2CCN(CCC(O)CN)CC2)c1. The van der Waals surface area contributed by atoms with Gasteiger partial charge in [-0.25, -0.2) is 0 Å². The van der Waals surface area contributed by atoms with E-state index in [0.717, 1.165) is 44.9 Å². The van der Waals surface area contributed by atoms with Crippen molar-refractivity contribution in [2.45, 2.75) is 12.5 Å². The van der Waals surface area contributed by atoms with Crippen molar-refractivity contribution in [2.75, 3.05) is 51.3 Å². The van der Waals surface area contributed by atoms with Gasteiger partial charge in [-0.2, -0.15) is 0 Å². The maximum Gasteiger partial charge on any atom is 0.120 e. The molecule has 1 aliphatic heterocycles. The van der Waals surface area contributed by atoms with Crippen molar-refractivity contribution in [1.82, 2.24) is 4.90 Å². The molecular formula is C15H25N3O2. The second kappa shape index (κ2) is 7.47. The molecule has 1 heterocycles. The molecule has 1 atom stereocenters.